The van der Waals surface area contributed by atoms with E-state index in [1.807, 2.05) is 0 Å². The van der Waals surface area contributed by atoms with Crippen LogP contribution >= 0.6 is 11.3 Å². The predicted molar refractivity (Wildman–Crippen MR) is 52.3 cm³/mol. The summed E-state index contributed by atoms with van der Waals surface area (Å²) in [5.41, 5.74) is -0.0261. The molecular formula is C9H8N2O2S. The first-order chi connectivity index (χ1) is 6.77. The van der Waals surface area contributed by atoms with Gasteiger partial charge in [-0.2, -0.15) is 5.26 Å². The number of nitriles is 1. The van der Waals surface area contributed by atoms with E-state index in [9.17, 15) is 4.79 Å². The summed E-state index contributed by atoms with van der Waals surface area (Å²) >= 11 is 1.36. The van der Waals surface area contributed by atoms with Gasteiger partial charge in [0.2, 0.25) is 0 Å². The summed E-state index contributed by atoms with van der Waals surface area (Å²) in [6, 6.07) is 1.78. The Kier molecular flexibility index (Phi) is 3.83. The molecule has 14 heavy (non-hydrogen) atoms. The van der Waals surface area contributed by atoms with Gasteiger partial charge in [-0.05, 0) is 13.0 Å². The fourth-order valence-electron chi connectivity index (χ4n) is 0.775. The summed E-state index contributed by atoms with van der Waals surface area (Å²) in [5.74, 6) is -0.606. The van der Waals surface area contributed by atoms with E-state index in [0.717, 1.165) is 0 Å². The van der Waals surface area contributed by atoms with E-state index in [-0.39, 0.29) is 12.2 Å². The Labute approximate surface area is 85.5 Å². The number of esters is 1. The number of hydrogen-bond donors (Lipinski definition) is 0. The monoisotopic (exact) mass is 208 g/mol. The van der Waals surface area contributed by atoms with E-state index >= 15 is 0 Å². The minimum atomic E-state index is -0.606. The van der Waals surface area contributed by atoms with Crippen molar-refractivity contribution in [1.29, 1.82) is 5.26 Å². The number of rotatable bonds is 3. The molecule has 0 aromatic carbocycles. The third kappa shape index (κ3) is 2.68. The van der Waals surface area contributed by atoms with Crippen LogP contribution in [-0.2, 0) is 9.53 Å². The molecule has 0 saturated heterocycles. The molecule has 1 heterocycles. The number of ether oxygens (including phenoxy) is 1. The second-order valence-corrected chi connectivity index (χ2v) is 3.19. The zero-order valence-electron chi connectivity index (χ0n) is 7.56. The second-order valence-electron chi connectivity index (χ2n) is 2.26. The van der Waals surface area contributed by atoms with Crippen molar-refractivity contribution in [2.45, 2.75) is 6.92 Å². The zero-order chi connectivity index (χ0) is 10.4. The Balaban J connectivity index is 2.83. The molecule has 1 rings (SSSR count). The zero-order valence-corrected chi connectivity index (χ0v) is 8.37. The van der Waals surface area contributed by atoms with Crippen molar-refractivity contribution < 1.29 is 9.53 Å². The average molecular weight is 208 g/mol. The van der Waals surface area contributed by atoms with Crippen molar-refractivity contribution in [3.05, 3.63) is 22.2 Å². The normalized spacial score (nSPS) is 10.7. The molecule has 0 unspecified atom stereocenters. The first-order valence-electron chi connectivity index (χ1n) is 3.96. The highest BCUT2D eigenvalue weighted by Crippen LogP contribution is 2.10. The van der Waals surface area contributed by atoms with E-state index in [0.29, 0.717) is 5.01 Å². The summed E-state index contributed by atoms with van der Waals surface area (Å²) in [6.45, 7) is 1.95. The Morgan fingerprint density at radius 1 is 1.86 bits per heavy atom. The number of carbonyl (C=O) groups is 1. The third-order valence-corrected chi connectivity index (χ3v) is 2.06. The minimum absolute atomic E-state index is 0.0261. The topological polar surface area (TPSA) is 63.0 Å². The van der Waals surface area contributed by atoms with Gasteiger partial charge in [0.15, 0.2) is 0 Å². The molecule has 0 N–H and O–H groups in total. The second kappa shape index (κ2) is 5.14. The van der Waals surface area contributed by atoms with Crippen LogP contribution in [0.3, 0.4) is 0 Å². The van der Waals surface area contributed by atoms with Crippen molar-refractivity contribution in [3.63, 3.8) is 0 Å². The Morgan fingerprint density at radius 2 is 2.64 bits per heavy atom. The number of aromatic nitrogens is 1. The first kappa shape index (κ1) is 10.4. The molecule has 1 aromatic heterocycles. The standard InChI is InChI=1S/C9H8N2O2S/c1-2-13-9(12)7(6-10)5-8-11-3-4-14-8/h3-5H,2H2,1H3/b7-5+. The van der Waals surface area contributed by atoms with Crippen LogP contribution in [0.5, 0.6) is 0 Å². The van der Waals surface area contributed by atoms with Crippen molar-refractivity contribution in [1.82, 2.24) is 4.98 Å². The summed E-state index contributed by atoms with van der Waals surface area (Å²) in [7, 11) is 0. The lowest BCUT2D eigenvalue weighted by Gasteiger charge is -1.97. The maximum Gasteiger partial charge on any atom is 0.348 e. The van der Waals surface area contributed by atoms with Crippen molar-refractivity contribution in [2.24, 2.45) is 0 Å². The van der Waals surface area contributed by atoms with E-state index in [2.05, 4.69) is 4.98 Å². The number of hydrogen-bond acceptors (Lipinski definition) is 5. The Bertz CT molecular complexity index is 376. The first-order valence-corrected chi connectivity index (χ1v) is 4.84. The molecule has 0 bridgehead atoms. The highest BCUT2D eigenvalue weighted by Gasteiger charge is 2.09. The van der Waals surface area contributed by atoms with Crippen LogP contribution in [0.2, 0.25) is 0 Å². The number of carbonyl (C=O) groups excluding carboxylic acids is 1. The van der Waals surface area contributed by atoms with Gasteiger partial charge in [0.25, 0.3) is 0 Å². The molecule has 4 nitrogen and oxygen atoms in total. The molecule has 0 aliphatic heterocycles. The van der Waals surface area contributed by atoms with Crippen LogP contribution in [0.25, 0.3) is 6.08 Å². The largest absolute Gasteiger partial charge is 0.462 e. The van der Waals surface area contributed by atoms with Crippen LogP contribution in [0, 0.1) is 11.3 Å². The molecule has 5 heteroatoms. The smallest absolute Gasteiger partial charge is 0.348 e. The van der Waals surface area contributed by atoms with Crippen LogP contribution in [0.15, 0.2) is 17.2 Å². The van der Waals surface area contributed by atoms with E-state index in [1.165, 1.54) is 17.4 Å². The Hall–Kier alpha value is -1.67. The van der Waals surface area contributed by atoms with Gasteiger partial charge in [-0.15, -0.1) is 11.3 Å². The van der Waals surface area contributed by atoms with Crippen molar-refractivity contribution in [3.8, 4) is 6.07 Å². The third-order valence-electron chi connectivity index (χ3n) is 1.34. The summed E-state index contributed by atoms with van der Waals surface area (Å²) in [4.78, 5) is 15.1. The SMILES string of the molecule is CCOC(=O)/C(C#N)=C/c1nccs1. The van der Waals surface area contributed by atoms with Crippen LogP contribution in [-0.4, -0.2) is 17.6 Å². The predicted octanol–water partition coefficient (Wildman–Crippen LogP) is 1.61. The maximum atomic E-state index is 11.2. The highest BCUT2D eigenvalue weighted by atomic mass is 32.1. The molecular weight excluding hydrogens is 200 g/mol. The van der Waals surface area contributed by atoms with Gasteiger partial charge in [-0.25, -0.2) is 9.78 Å². The fraction of sp³-hybridized carbons (Fsp3) is 0.222. The quantitative estimate of drug-likeness (QED) is 0.430. The molecule has 72 valence electrons. The van der Waals surface area contributed by atoms with Gasteiger partial charge in [0, 0.05) is 11.6 Å². The summed E-state index contributed by atoms with van der Waals surface area (Å²) in [6.07, 6.45) is 3.03. The maximum absolute atomic E-state index is 11.2. The van der Waals surface area contributed by atoms with Crippen LogP contribution in [0.4, 0.5) is 0 Å². The Morgan fingerprint density at radius 3 is 3.14 bits per heavy atom. The molecule has 0 amide bonds. The van der Waals surface area contributed by atoms with Crippen molar-refractivity contribution >= 4 is 23.4 Å². The summed E-state index contributed by atoms with van der Waals surface area (Å²) in [5, 5.41) is 11.1. The molecule has 0 aliphatic rings. The summed E-state index contributed by atoms with van der Waals surface area (Å²) < 4.78 is 4.69. The molecule has 1 aromatic rings. The van der Waals surface area contributed by atoms with Gasteiger partial charge in [-0.3, -0.25) is 0 Å². The molecule has 0 fully saturated rings. The fourth-order valence-corrected chi connectivity index (χ4v) is 1.34. The minimum Gasteiger partial charge on any atom is -0.462 e. The molecule has 0 atom stereocenters. The highest BCUT2D eigenvalue weighted by molar-refractivity contribution is 7.10. The van der Waals surface area contributed by atoms with E-state index < -0.39 is 5.97 Å². The number of nitrogens with zero attached hydrogens (tertiary/aromatic N) is 2. The van der Waals surface area contributed by atoms with Gasteiger partial charge < -0.3 is 4.74 Å². The van der Waals surface area contributed by atoms with Crippen LogP contribution < -0.4 is 0 Å². The molecule has 0 saturated carbocycles. The lowest BCUT2D eigenvalue weighted by Crippen LogP contribution is -2.05. The molecule has 0 radical (unpaired) electrons. The molecule has 0 spiro atoms. The van der Waals surface area contributed by atoms with E-state index in [1.54, 1.807) is 24.6 Å². The van der Waals surface area contributed by atoms with Crippen LogP contribution in [0.1, 0.15) is 11.9 Å². The molecule has 0 aliphatic carbocycles. The van der Waals surface area contributed by atoms with E-state index in [4.69, 9.17) is 10.00 Å². The van der Waals surface area contributed by atoms with Gasteiger partial charge in [0.05, 0.1) is 6.61 Å². The average Bonchev–Trinajstić information content (AvgIpc) is 2.66. The lowest BCUT2D eigenvalue weighted by molar-refractivity contribution is -0.137. The lowest BCUT2D eigenvalue weighted by atomic mass is 10.3. The van der Waals surface area contributed by atoms with Crippen molar-refractivity contribution in [2.75, 3.05) is 6.61 Å². The van der Waals surface area contributed by atoms with Gasteiger partial charge >= 0.3 is 5.97 Å². The number of thiazole rings is 1. The van der Waals surface area contributed by atoms with Gasteiger partial charge in [0.1, 0.15) is 16.6 Å². The van der Waals surface area contributed by atoms with Gasteiger partial charge in [-0.1, -0.05) is 0 Å².